The van der Waals surface area contributed by atoms with Crippen molar-refractivity contribution in [1.82, 2.24) is 0 Å². The van der Waals surface area contributed by atoms with Crippen LogP contribution in [0.2, 0.25) is 0 Å². The number of hydrogen-bond donors (Lipinski definition) is 0. The van der Waals surface area contributed by atoms with Crippen LogP contribution >= 0.6 is 0 Å². The first kappa shape index (κ1) is 13.1. The summed E-state index contributed by atoms with van der Waals surface area (Å²) in [5, 5.41) is 11.6. The van der Waals surface area contributed by atoms with E-state index in [0.717, 1.165) is 5.56 Å². The van der Waals surface area contributed by atoms with Crippen LogP contribution in [0.1, 0.15) is 11.3 Å². The van der Waals surface area contributed by atoms with Gasteiger partial charge >= 0.3 is 5.63 Å². The maximum atomic E-state index is 12.0. The lowest BCUT2D eigenvalue weighted by Crippen LogP contribution is -2.03. The molecule has 0 saturated heterocycles. The molecule has 0 radical (unpaired) electrons. The summed E-state index contributed by atoms with van der Waals surface area (Å²) >= 11 is 0. The lowest BCUT2D eigenvalue weighted by Gasteiger charge is -2.03. The van der Waals surface area contributed by atoms with Gasteiger partial charge in [-0.05, 0) is 23.1 Å². The average Bonchev–Trinajstić information content (AvgIpc) is 2.48. The van der Waals surface area contributed by atoms with Gasteiger partial charge < -0.3 is 4.42 Å². The predicted molar refractivity (Wildman–Crippen MR) is 78.4 cm³/mol. The van der Waals surface area contributed by atoms with E-state index in [1.807, 2.05) is 30.3 Å². The molecule has 104 valence electrons. The summed E-state index contributed by atoms with van der Waals surface area (Å²) < 4.78 is 5.25. The van der Waals surface area contributed by atoms with E-state index in [0.29, 0.717) is 17.6 Å². The molecule has 0 amide bonds. The van der Waals surface area contributed by atoms with E-state index in [1.54, 1.807) is 12.1 Å². The summed E-state index contributed by atoms with van der Waals surface area (Å²) in [4.78, 5) is 22.2. The number of nitrogens with zero attached hydrogens (tertiary/aromatic N) is 1. The van der Waals surface area contributed by atoms with E-state index in [2.05, 4.69) is 0 Å². The van der Waals surface area contributed by atoms with Crippen molar-refractivity contribution < 1.29 is 9.34 Å². The summed E-state index contributed by atoms with van der Waals surface area (Å²) in [7, 11) is 0. The summed E-state index contributed by atoms with van der Waals surface area (Å²) in [6, 6.07) is 15.6. The smallest absolute Gasteiger partial charge is 0.344 e. The van der Waals surface area contributed by atoms with E-state index in [9.17, 15) is 14.9 Å². The lowest BCUT2D eigenvalue weighted by atomic mass is 10.1. The minimum absolute atomic E-state index is 0.120. The molecule has 0 bridgehead atoms. The third-order valence-corrected chi connectivity index (χ3v) is 3.23. The molecule has 0 atom stereocenters. The number of nitro benzene ring substituents is 1. The van der Waals surface area contributed by atoms with Crippen molar-refractivity contribution in [1.29, 1.82) is 0 Å². The van der Waals surface area contributed by atoms with Crippen LogP contribution in [-0.2, 0) is 6.42 Å². The fraction of sp³-hybridized carbons (Fsp3) is 0.0625. The van der Waals surface area contributed by atoms with Gasteiger partial charge in [-0.2, -0.15) is 0 Å². The van der Waals surface area contributed by atoms with Gasteiger partial charge in [0.25, 0.3) is 5.69 Å². The maximum Gasteiger partial charge on any atom is 0.344 e. The van der Waals surface area contributed by atoms with Crippen LogP contribution in [-0.4, -0.2) is 4.92 Å². The number of non-ortho nitro benzene ring substituents is 1. The largest absolute Gasteiger partial charge is 0.427 e. The standard InChI is InChI=1S/C16H11NO4/c18-16-15-10-13(17(19)20)7-6-12(15)9-14(21-16)8-11-4-2-1-3-5-11/h1-7,9-10H,8H2. The molecule has 0 fully saturated rings. The molecule has 21 heavy (non-hydrogen) atoms. The molecular weight excluding hydrogens is 270 g/mol. The van der Waals surface area contributed by atoms with E-state index in [1.165, 1.54) is 12.1 Å². The highest BCUT2D eigenvalue weighted by Gasteiger charge is 2.11. The van der Waals surface area contributed by atoms with Crippen molar-refractivity contribution in [2.75, 3.05) is 0 Å². The van der Waals surface area contributed by atoms with E-state index >= 15 is 0 Å². The molecule has 0 saturated carbocycles. The SMILES string of the molecule is O=c1oc(Cc2ccccc2)cc2ccc([N+](=O)[O-])cc12. The van der Waals surface area contributed by atoms with Gasteiger partial charge in [0, 0.05) is 18.6 Å². The fourth-order valence-corrected chi connectivity index (χ4v) is 2.22. The third-order valence-electron chi connectivity index (χ3n) is 3.23. The Bertz CT molecular complexity index is 868. The Kier molecular flexibility index (Phi) is 3.23. The first-order valence-electron chi connectivity index (χ1n) is 6.38. The minimum atomic E-state index is -0.554. The van der Waals surface area contributed by atoms with Crippen molar-refractivity contribution in [3.63, 3.8) is 0 Å². The first-order valence-corrected chi connectivity index (χ1v) is 6.38. The van der Waals surface area contributed by atoms with Crippen LogP contribution in [0.3, 0.4) is 0 Å². The Morgan fingerprint density at radius 3 is 2.52 bits per heavy atom. The van der Waals surface area contributed by atoms with E-state index in [4.69, 9.17) is 4.42 Å². The van der Waals surface area contributed by atoms with E-state index in [-0.39, 0.29) is 11.1 Å². The molecule has 3 rings (SSSR count). The van der Waals surface area contributed by atoms with Crippen molar-refractivity contribution >= 4 is 16.5 Å². The van der Waals surface area contributed by atoms with Crippen molar-refractivity contribution in [3.8, 4) is 0 Å². The fourth-order valence-electron chi connectivity index (χ4n) is 2.22. The molecule has 5 heteroatoms. The highest BCUT2D eigenvalue weighted by molar-refractivity contribution is 5.83. The molecule has 0 aliphatic heterocycles. The summed E-state index contributed by atoms with van der Waals surface area (Å²) in [6.45, 7) is 0. The van der Waals surface area contributed by atoms with Gasteiger partial charge in [-0.25, -0.2) is 4.79 Å². The molecular formula is C16H11NO4. The second-order valence-corrected chi connectivity index (χ2v) is 4.69. The summed E-state index contributed by atoms with van der Waals surface area (Å²) in [6.07, 6.45) is 0.503. The number of benzene rings is 2. The second kappa shape index (κ2) is 5.20. The topological polar surface area (TPSA) is 73.3 Å². The summed E-state index contributed by atoms with van der Waals surface area (Å²) in [5.41, 5.74) is 0.356. The van der Waals surface area contributed by atoms with Crippen LogP contribution in [0.15, 0.2) is 63.8 Å². The van der Waals surface area contributed by atoms with Gasteiger partial charge in [0.05, 0.1) is 10.3 Å². The quantitative estimate of drug-likeness (QED) is 0.545. The zero-order valence-electron chi connectivity index (χ0n) is 11.0. The molecule has 0 unspecified atom stereocenters. The Labute approximate surface area is 119 Å². The Morgan fingerprint density at radius 2 is 1.81 bits per heavy atom. The molecule has 0 aliphatic carbocycles. The zero-order valence-corrected chi connectivity index (χ0v) is 11.0. The van der Waals surface area contributed by atoms with Crippen molar-refractivity contribution in [3.05, 3.63) is 86.5 Å². The van der Waals surface area contributed by atoms with Gasteiger partial charge in [-0.1, -0.05) is 30.3 Å². The number of nitro groups is 1. The van der Waals surface area contributed by atoms with Crippen molar-refractivity contribution in [2.45, 2.75) is 6.42 Å². The third kappa shape index (κ3) is 2.67. The molecule has 0 N–H and O–H groups in total. The van der Waals surface area contributed by atoms with Crippen LogP contribution in [0, 0.1) is 10.1 Å². The van der Waals surface area contributed by atoms with E-state index < -0.39 is 10.5 Å². The Morgan fingerprint density at radius 1 is 1.05 bits per heavy atom. The zero-order chi connectivity index (χ0) is 14.8. The van der Waals surface area contributed by atoms with Crippen molar-refractivity contribution in [2.24, 2.45) is 0 Å². The monoisotopic (exact) mass is 281 g/mol. The highest BCUT2D eigenvalue weighted by atomic mass is 16.6. The first-order chi connectivity index (χ1) is 10.1. The summed E-state index contributed by atoms with van der Waals surface area (Å²) in [5.74, 6) is 0.535. The van der Waals surface area contributed by atoms with Crippen LogP contribution in [0.4, 0.5) is 5.69 Å². The van der Waals surface area contributed by atoms with Crippen LogP contribution < -0.4 is 5.63 Å². The normalized spacial score (nSPS) is 10.7. The minimum Gasteiger partial charge on any atom is -0.427 e. The van der Waals surface area contributed by atoms with Crippen LogP contribution in [0.25, 0.3) is 10.8 Å². The maximum absolute atomic E-state index is 12.0. The van der Waals surface area contributed by atoms with Gasteiger partial charge in [-0.3, -0.25) is 10.1 Å². The number of hydrogen-bond acceptors (Lipinski definition) is 4. The molecule has 1 aromatic heterocycles. The van der Waals surface area contributed by atoms with Gasteiger partial charge in [0.15, 0.2) is 0 Å². The van der Waals surface area contributed by atoms with Gasteiger partial charge in [0.2, 0.25) is 0 Å². The predicted octanol–water partition coefficient (Wildman–Crippen LogP) is 3.29. The molecule has 5 nitrogen and oxygen atoms in total. The number of rotatable bonds is 3. The molecule has 0 spiro atoms. The second-order valence-electron chi connectivity index (χ2n) is 4.69. The highest BCUT2D eigenvalue weighted by Crippen LogP contribution is 2.20. The Hall–Kier alpha value is -2.95. The van der Waals surface area contributed by atoms with Crippen LogP contribution in [0.5, 0.6) is 0 Å². The molecule has 0 aliphatic rings. The Balaban J connectivity index is 2.06. The molecule has 3 aromatic rings. The van der Waals surface area contributed by atoms with Gasteiger partial charge in [-0.15, -0.1) is 0 Å². The van der Waals surface area contributed by atoms with Gasteiger partial charge in [0.1, 0.15) is 5.76 Å². The lowest BCUT2D eigenvalue weighted by molar-refractivity contribution is -0.384. The number of fused-ring (bicyclic) bond motifs is 1. The molecule has 2 aromatic carbocycles. The molecule has 1 heterocycles. The average molecular weight is 281 g/mol.